The molecule has 1 aromatic carbocycles. The fraction of sp³-hybridized carbons (Fsp3) is 0.600. The molecule has 0 saturated heterocycles. The largest absolute Gasteiger partial charge is 0.494 e. The molecule has 0 atom stereocenters. The van der Waals surface area contributed by atoms with Crippen LogP contribution in [0, 0.1) is 13.8 Å². The lowest BCUT2D eigenvalue weighted by Gasteiger charge is -2.20. The van der Waals surface area contributed by atoms with Crippen molar-refractivity contribution in [2.75, 3.05) is 13.2 Å². The summed E-state index contributed by atoms with van der Waals surface area (Å²) in [6, 6.07) is 6.25. The number of benzene rings is 1. The molecule has 0 radical (unpaired) electrons. The number of hydrogen-bond acceptors (Lipinski definition) is 2. The Hall–Kier alpha value is -1.02. The Kier molecular flexibility index (Phi) is 5.01. The highest BCUT2D eigenvalue weighted by Gasteiger charge is 2.07. The molecule has 0 bridgehead atoms. The molecule has 0 amide bonds. The van der Waals surface area contributed by atoms with Crippen molar-refractivity contribution in [3.8, 4) is 5.75 Å². The summed E-state index contributed by atoms with van der Waals surface area (Å²) >= 11 is 0. The van der Waals surface area contributed by atoms with Gasteiger partial charge < -0.3 is 10.1 Å². The third-order valence-corrected chi connectivity index (χ3v) is 2.72. The van der Waals surface area contributed by atoms with Crippen LogP contribution in [-0.2, 0) is 0 Å². The van der Waals surface area contributed by atoms with Crippen LogP contribution in [0.4, 0.5) is 0 Å². The highest BCUT2D eigenvalue weighted by molar-refractivity contribution is 5.33. The second-order valence-electron chi connectivity index (χ2n) is 5.62. The van der Waals surface area contributed by atoms with Crippen LogP contribution in [0.15, 0.2) is 18.2 Å². The summed E-state index contributed by atoms with van der Waals surface area (Å²) < 4.78 is 5.72. The first kappa shape index (κ1) is 14.0. The summed E-state index contributed by atoms with van der Waals surface area (Å²) in [5.41, 5.74) is 2.79. The second-order valence-corrected chi connectivity index (χ2v) is 5.62. The maximum absolute atomic E-state index is 5.72. The van der Waals surface area contributed by atoms with E-state index in [1.165, 1.54) is 11.1 Å². The molecule has 0 aliphatic rings. The van der Waals surface area contributed by atoms with Crippen molar-refractivity contribution < 1.29 is 4.74 Å². The van der Waals surface area contributed by atoms with Crippen LogP contribution in [0.5, 0.6) is 5.75 Å². The van der Waals surface area contributed by atoms with Crippen LogP contribution in [0.3, 0.4) is 0 Å². The lowest BCUT2D eigenvalue weighted by Crippen LogP contribution is -2.36. The van der Waals surface area contributed by atoms with Gasteiger partial charge in [0.15, 0.2) is 0 Å². The van der Waals surface area contributed by atoms with E-state index < -0.39 is 0 Å². The molecule has 0 saturated carbocycles. The summed E-state index contributed by atoms with van der Waals surface area (Å²) in [4.78, 5) is 0. The first-order valence-electron chi connectivity index (χ1n) is 6.33. The Morgan fingerprint density at radius 2 is 1.82 bits per heavy atom. The normalized spacial score (nSPS) is 11.6. The van der Waals surface area contributed by atoms with Crippen molar-refractivity contribution in [2.24, 2.45) is 0 Å². The second kappa shape index (κ2) is 6.06. The molecule has 0 heterocycles. The van der Waals surface area contributed by atoms with E-state index in [0.29, 0.717) is 0 Å². The Morgan fingerprint density at radius 1 is 1.12 bits per heavy atom. The third kappa shape index (κ3) is 5.73. The average molecular weight is 235 g/mol. The van der Waals surface area contributed by atoms with Crippen LogP contribution in [-0.4, -0.2) is 18.7 Å². The van der Waals surface area contributed by atoms with Gasteiger partial charge in [-0.3, -0.25) is 0 Å². The van der Waals surface area contributed by atoms with Crippen molar-refractivity contribution in [1.82, 2.24) is 5.32 Å². The Bertz CT molecular complexity index is 352. The smallest absolute Gasteiger partial charge is 0.119 e. The van der Waals surface area contributed by atoms with E-state index in [1.807, 2.05) is 6.07 Å². The summed E-state index contributed by atoms with van der Waals surface area (Å²) in [5, 5.41) is 3.45. The Balaban J connectivity index is 2.25. The van der Waals surface area contributed by atoms with E-state index in [4.69, 9.17) is 4.74 Å². The number of nitrogens with one attached hydrogen (secondary N) is 1. The highest BCUT2D eigenvalue weighted by Crippen LogP contribution is 2.16. The first-order valence-corrected chi connectivity index (χ1v) is 6.33. The lowest BCUT2D eigenvalue weighted by molar-refractivity contribution is 0.298. The van der Waals surface area contributed by atoms with E-state index in [-0.39, 0.29) is 5.54 Å². The number of aryl methyl sites for hydroxylation is 2. The molecule has 17 heavy (non-hydrogen) atoms. The zero-order chi connectivity index (χ0) is 12.9. The summed E-state index contributed by atoms with van der Waals surface area (Å²) in [5.74, 6) is 0.976. The molecule has 1 rings (SSSR count). The molecular weight excluding hydrogens is 210 g/mol. The van der Waals surface area contributed by atoms with Gasteiger partial charge in [-0.05, 0) is 70.8 Å². The summed E-state index contributed by atoms with van der Waals surface area (Å²) in [6.45, 7) is 12.5. The van der Waals surface area contributed by atoms with Crippen molar-refractivity contribution in [3.05, 3.63) is 29.3 Å². The van der Waals surface area contributed by atoms with Gasteiger partial charge >= 0.3 is 0 Å². The average Bonchev–Trinajstić information content (AvgIpc) is 2.21. The minimum Gasteiger partial charge on any atom is -0.494 e. The number of hydrogen-bond donors (Lipinski definition) is 1. The van der Waals surface area contributed by atoms with Gasteiger partial charge in [0.1, 0.15) is 5.75 Å². The molecule has 0 aliphatic heterocycles. The molecule has 0 fully saturated rings. The van der Waals surface area contributed by atoms with E-state index in [2.05, 4.69) is 52.1 Å². The quantitative estimate of drug-likeness (QED) is 0.789. The van der Waals surface area contributed by atoms with Gasteiger partial charge in [-0.2, -0.15) is 0 Å². The molecule has 0 spiro atoms. The predicted octanol–water partition coefficient (Wildman–Crippen LogP) is 3.46. The summed E-state index contributed by atoms with van der Waals surface area (Å²) in [7, 11) is 0. The van der Waals surface area contributed by atoms with Crippen molar-refractivity contribution >= 4 is 0 Å². The maximum atomic E-state index is 5.72. The molecule has 0 unspecified atom stereocenters. The molecule has 2 nitrogen and oxygen atoms in total. The van der Waals surface area contributed by atoms with Gasteiger partial charge in [-0.1, -0.05) is 6.07 Å². The zero-order valence-electron chi connectivity index (χ0n) is 11.8. The molecule has 2 heteroatoms. The van der Waals surface area contributed by atoms with Crippen molar-refractivity contribution in [2.45, 2.75) is 46.6 Å². The van der Waals surface area contributed by atoms with Crippen LogP contribution < -0.4 is 10.1 Å². The molecular formula is C15H25NO. The lowest BCUT2D eigenvalue weighted by atomic mass is 10.1. The van der Waals surface area contributed by atoms with Gasteiger partial charge in [0.25, 0.3) is 0 Å². The van der Waals surface area contributed by atoms with Crippen molar-refractivity contribution in [3.63, 3.8) is 0 Å². The van der Waals surface area contributed by atoms with Gasteiger partial charge in [-0.15, -0.1) is 0 Å². The van der Waals surface area contributed by atoms with Crippen LogP contribution in [0.2, 0.25) is 0 Å². The van der Waals surface area contributed by atoms with Crippen molar-refractivity contribution in [1.29, 1.82) is 0 Å². The van der Waals surface area contributed by atoms with Gasteiger partial charge in [0.2, 0.25) is 0 Å². The Labute approximate surface area is 105 Å². The fourth-order valence-corrected chi connectivity index (χ4v) is 1.53. The summed E-state index contributed by atoms with van der Waals surface area (Å²) in [6.07, 6.45) is 1.03. The Morgan fingerprint density at radius 3 is 2.41 bits per heavy atom. The van der Waals surface area contributed by atoms with Gasteiger partial charge in [-0.25, -0.2) is 0 Å². The van der Waals surface area contributed by atoms with Gasteiger partial charge in [0.05, 0.1) is 6.61 Å². The predicted molar refractivity (Wildman–Crippen MR) is 73.8 cm³/mol. The monoisotopic (exact) mass is 235 g/mol. The molecule has 0 aromatic heterocycles. The molecule has 96 valence electrons. The van der Waals surface area contributed by atoms with E-state index in [0.717, 1.165) is 25.3 Å². The fourth-order valence-electron chi connectivity index (χ4n) is 1.53. The minimum absolute atomic E-state index is 0.195. The molecule has 0 aliphatic carbocycles. The standard InChI is InChI=1S/C15H25NO/c1-12-7-8-14(11-13(12)2)17-10-6-9-16-15(3,4)5/h7-8,11,16H,6,9-10H2,1-5H3. The first-order chi connectivity index (χ1) is 7.88. The maximum Gasteiger partial charge on any atom is 0.119 e. The van der Waals surface area contributed by atoms with Crippen LogP contribution in [0.1, 0.15) is 38.3 Å². The van der Waals surface area contributed by atoms with E-state index in [1.54, 1.807) is 0 Å². The zero-order valence-corrected chi connectivity index (χ0v) is 11.8. The number of rotatable bonds is 5. The van der Waals surface area contributed by atoms with Gasteiger partial charge in [0, 0.05) is 5.54 Å². The topological polar surface area (TPSA) is 21.3 Å². The van der Waals surface area contributed by atoms with E-state index >= 15 is 0 Å². The third-order valence-electron chi connectivity index (χ3n) is 2.72. The van der Waals surface area contributed by atoms with E-state index in [9.17, 15) is 0 Å². The molecule has 1 aromatic rings. The molecule has 1 N–H and O–H groups in total. The highest BCUT2D eigenvalue weighted by atomic mass is 16.5. The SMILES string of the molecule is Cc1ccc(OCCCNC(C)(C)C)cc1C. The van der Waals surface area contributed by atoms with Crippen LogP contribution in [0.25, 0.3) is 0 Å². The number of ether oxygens (including phenoxy) is 1. The minimum atomic E-state index is 0.195. The van der Waals surface area contributed by atoms with Crippen LogP contribution >= 0.6 is 0 Å².